The minimum Gasteiger partial charge on any atom is -0.381 e. The molecule has 3 aliphatic rings. The largest absolute Gasteiger partial charge is 0.381 e. The van der Waals surface area contributed by atoms with Gasteiger partial charge in [0.2, 0.25) is 5.95 Å². The molecule has 5 rings (SSSR count). The van der Waals surface area contributed by atoms with Crippen LogP contribution < -0.4 is 20.4 Å². The van der Waals surface area contributed by atoms with Crippen molar-refractivity contribution in [1.29, 1.82) is 0 Å². The monoisotopic (exact) mass is 544 g/mol. The van der Waals surface area contributed by atoms with E-state index in [1.165, 1.54) is 31.2 Å². The summed E-state index contributed by atoms with van der Waals surface area (Å²) in [5, 5.41) is 8.03. The number of thiocarbonyl (C=S) groups is 1. The quantitative estimate of drug-likeness (QED) is 0.515. The lowest BCUT2D eigenvalue weighted by Crippen LogP contribution is -2.45. The van der Waals surface area contributed by atoms with E-state index in [9.17, 15) is 0 Å². The highest BCUT2D eigenvalue weighted by atomic mass is 35.5. The molecule has 0 amide bonds. The molecule has 0 bridgehead atoms. The van der Waals surface area contributed by atoms with Crippen LogP contribution >= 0.6 is 23.8 Å². The summed E-state index contributed by atoms with van der Waals surface area (Å²) in [6.45, 7) is 7.23. The summed E-state index contributed by atoms with van der Waals surface area (Å²) in [6.07, 6.45) is 6.74. The molecule has 0 aliphatic carbocycles. The topological polar surface area (TPSA) is 74.8 Å². The second-order valence-electron chi connectivity index (χ2n) is 10.1. The normalized spacial score (nSPS) is 20.2. The molecule has 0 unspecified atom stereocenters. The van der Waals surface area contributed by atoms with Gasteiger partial charge < -0.3 is 29.9 Å². The van der Waals surface area contributed by atoms with Crippen LogP contribution in [0.3, 0.4) is 0 Å². The second-order valence-corrected chi connectivity index (χ2v) is 11.0. The van der Waals surface area contributed by atoms with Crippen LogP contribution in [-0.2, 0) is 14.9 Å². The fraction of sp³-hybridized carbons (Fsp3) is 0.593. The Hall–Kier alpha value is -2.20. The van der Waals surface area contributed by atoms with E-state index in [0.29, 0.717) is 30.8 Å². The van der Waals surface area contributed by atoms with Gasteiger partial charge in [-0.1, -0.05) is 36.6 Å². The van der Waals surface area contributed by atoms with Gasteiger partial charge >= 0.3 is 0 Å². The number of benzene rings is 1. The molecule has 0 spiro atoms. The first-order chi connectivity index (χ1) is 18.1. The van der Waals surface area contributed by atoms with Crippen LogP contribution in [0, 0.1) is 0 Å². The highest BCUT2D eigenvalue weighted by Crippen LogP contribution is 2.35. The van der Waals surface area contributed by atoms with Gasteiger partial charge in [-0.2, -0.15) is 9.97 Å². The molecule has 3 saturated heterocycles. The number of hydrogen-bond acceptors (Lipinski definition) is 7. The average Bonchev–Trinajstić information content (AvgIpc) is 3.23. The van der Waals surface area contributed by atoms with E-state index in [1.54, 1.807) is 0 Å². The SMILES string of the molecule is S=C(NCC1(c2cccc(Cl)c2)CCOCC1)Nc1nc(N2CCCCCC2)cc(N2CCOCC2)n1. The van der Waals surface area contributed by atoms with Crippen LogP contribution in [0.15, 0.2) is 30.3 Å². The van der Waals surface area contributed by atoms with E-state index in [4.69, 9.17) is 43.3 Å². The first kappa shape index (κ1) is 26.4. The minimum atomic E-state index is -0.0946. The van der Waals surface area contributed by atoms with Crippen molar-refractivity contribution in [2.24, 2.45) is 0 Å². The first-order valence-corrected chi connectivity index (χ1v) is 14.3. The van der Waals surface area contributed by atoms with Crippen molar-refractivity contribution in [2.75, 3.05) is 74.3 Å². The molecular formula is C27H37ClN6O2S. The van der Waals surface area contributed by atoms with Gasteiger partial charge in [-0.25, -0.2) is 0 Å². The molecule has 3 fully saturated rings. The number of ether oxygens (including phenoxy) is 2. The highest BCUT2D eigenvalue weighted by molar-refractivity contribution is 7.80. The average molecular weight is 545 g/mol. The fourth-order valence-electron chi connectivity index (χ4n) is 5.44. The van der Waals surface area contributed by atoms with Crippen molar-refractivity contribution < 1.29 is 9.47 Å². The molecule has 200 valence electrons. The predicted octanol–water partition coefficient (Wildman–Crippen LogP) is 4.38. The third-order valence-electron chi connectivity index (χ3n) is 7.66. The molecule has 1 aromatic carbocycles. The van der Waals surface area contributed by atoms with Gasteiger partial charge in [0.15, 0.2) is 5.11 Å². The van der Waals surface area contributed by atoms with E-state index in [-0.39, 0.29) is 5.41 Å². The predicted molar refractivity (Wildman–Crippen MR) is 153 cm³/mol. The van der Waals surface area contributed by atoms with Gasteiger partial charge in [-0.15, -0.1) is 0 Å². The Morgan fingerprint density at radius 1 is 0.892 bits per heavy atom. The third kappa shape index (κ3) is 6.82. The fourth-order valence-corrected chi connectivity index (χ4v) is 5.79. The van der Waals surface area contributed by atoms with E-state index < -0.39 is 0 Å². The minimum absolute atomic E-state index is 0.0946. The van der Waals surface area contributed by atoms with Crippen molar-refractivity contribution in [2.45, 2.75) is 43.9 Å². The molecule has 0 saturated carbocycles. The van der Waals surface area contributed by atoms with E-state index in [0.717, 1.165) is 68.9 Å². The summed E-state index contributed by atoms with van der Waals surface area (Å²) in [6, 6.07) is 10.3. The number of nitrogens with one attached hydrogen (secondary N) is 2. The number of nitrogens with zero attached hydrogens (tertiary/aromatic N) is 4. The Bertz CT molecular complexity index is 1050. The summed E-state index contributed by atoms with van der Waals surface area (Å²) in [7, 11) is 0. The Kier molecular flexibility index (Phi) is 8.97. The molecule has 37 heavy (non-hydrogen) atoms. The second kappa shape index (κ2) is 12.6. The zero-order valence-corrected chi connectivity index (χ0v) is 23.0. The van der Waals surface area contributed by atoms with Crippen molar-refractivity contribution in [3.8, 4) is 0 Å². The Morgan fingerprint density at radius 3 is 2.22 bits per heavy atom. The summed E-state index contributed by atoms with van der Waals surface area (Å²) in [5.74, 6) is 2.41. The molecular weight excluding hydrogens is 508 g/mol. The Balaban J connectivity index is 1.32. The third-order valence-corrected chi connectivity index (χ3v) is 8.15. The van der Waals surface area contributed by atoms with Gasteiger partial charge in [-0.3, -0.25) is 0 Å². The van der Waals surface area contributed by atoms with E-state index >= 15 is 0 Å². The van der Waals surface area contributed by atoms with Crippen LogP contribution in [0.2, 0.25) is 5.02 Å². The first-order valence-electron chi connectivity index (χ1n) is 13.5. The maximum absolute atomic E-state index is 6.34. The maximum Gasteiger partial charge on any atom is 0.232 e. The summed E-state index contributed by atoms with van der Waals surface area (Å²) >= 11 is 12.1. The summed E-state index contributed by atoms with van der Waals surface area (Å²) in [4.78, 5) is 14.4. The zero-order chi connectivity index (χ0) is 25.5. The number of hydrogen-bond donors (Lipinski definition) is 2. The van der Waals surface area contributed by atoms with Gasteiger partial charge in [0.1, 0.15) is 11.6 Å². The lowest BCUT2D eigenvalue weighted by molar-refractivity contribution is 0.0515. The van der Waals surface area contributed by atoms with Crippen LogP contribution in [0.25, 0.3) is 0 Å². The van der Waals surface area contributed by atoms with Gasteiger partial charge in [0.25, 0.3) is 0 Å². The van der Waals surface area contributed by atoms with Crippen LogP contribution in [0.1, 0.15) is 44.1 Å². The standard InChI is InChI=1S/C27H37ClN6O2S/c28-22-7-5-6-21(18-22)27(8-14-35-15-9-27)20-29-26(37)32-25-30-23(33-10-3-1-2-4-11-33)19-24(31-25)34-12-16-36-17-13-34/h5-7,18-19H,1-4,8-17,20H2,(H2,29,30,31,32,37). The Morgan fingerprint density at radius 2 is 1.54 bits per heavy atom. The van der Waals surface area contributed by atoms with Crippen LogP contribution in [0.4, 0.5) is 17.6 Å². The number of rotatable bonds is 6. The summed E-state index contributed by atoms with van der Waals surface area (Å²) < 4.78 is 11.2. The van der Waals surface area contributed by atoms with E-state index in [2.05, 4.69) is 38.6 Å². The van der Waals surface area contributed by atoms with Crippen molar-refractivity contribution in [3.05, 3.63) is 40.9 Å². The number of aromatic nitrogens is 2. The van der Waals surface area contributed by atoms with Gasteiger partial charge in [0.05, 0.1) is 13.2 Å². The lowest BCUT2D eigenvalue weighted by Gasteiger charge is -2.38. The van der Waals surface area contributed by atoms with Crippen molar-refractivity contribution in [1.82, 2.24) is 15.3 Å². The molecule has 4 heterocycles. The molecule has 0 atom stereocenters. The van der Waals surface area contributed by atoms with Gasteiger partial charge in [0, 0.05) is 62.4 Å². The number of halogens is 1. The summed E-state index contributed by atoms with van der Waals surface area (Å²) in [5.41, 5.74) is 1.12. The number of anilines is 3. The molecule has 1 aromatic heterocycles. The lowest BCUT2D eigenvalue weighted by atomic mass is 9.74. The number of morpholine rings is 1. The molecule has 2 N–H and O–H groups in total. The zero-order valence-electron chi connectivity index (χ0n) is 21.4. The van der Waals surface area contributed by atoms with Crippen LogP contribution in [-0.4, -0.2) is 74.2 Å². The molecule has 3 aliphatic heterocycles. The van der Waals surface area contributed by atoms with Gasteiger partial charge in [-0.05, 0) is 55.6 Å². The highest BCUT2D eigenvalue weighted by Gasteiger charge is 2.35. The molecule has 0 radical (unpaired) electrons. The van der Waals surface area contributed by atoms with Crippen LogP contribution in [0.5, 0.6) is 0 Å². The smallest absolute Gasteiger partial charge is 0.232 e. The molecule has 10 heteroatoms. The van der Waals surface area contributed by atoms with Crippen molar-refractivity contribution >= 4 is 46.5 Å². The van der Waals surface area contributed by atoms with Crippen molar-refractivity contribution in [3.63, 3.8) is 0 Å². The molecule has 2 aromatic rings. The Labute approximate surface area is 230 Å². The van der Waals surface area contributed by atoms with E-state index in [1.807, 2.05) is 12.1 Å². The molecule has 8 nitrogen and oxygen atoms in total. The maximum atomic E-state index is 6.34.